The lowest BCUT2D eigenvalue weighted by Gasteiger charge is -2.04. The lowest BCUT2D eigenvalue weighted by Crippen LogP contribution is -1.89. The molecule has 1 aromatic carbocycles. The Bertz CT molecular complexity index is 256. The summed E-state index contributed by atoms with van der Waals surface area (Å²) in [5.41, 5.74) is 0. The van der Waals surface area contributed by atoms with Crippen molar-refractivity contribution < 1.29 is 4.74 Å². The molecule has 0 amide bonds. The molecule has 0 heterocycles. The highest BCUT2D eigenvalue weighted by Gasteiger charge is 1.98. The molecule has 1 nitrogen and oxygen atoms in total. The van der Waals surface area contributed by atoms with E-state index in [1.807, 2.05) is 23.9 Å². The zero-order chi connectivity index (χ0) is 9.52. The molecule has 1 aromatic rings. The highest BCUT2D eigenvalue weighted by Crippen LogP contribution is 2.22. The molecule has 13 heavy (non-hydrogen) atoms. The lowest BCUT2D eigenvalue weighted by atomic mass is 10.4. The molecule has 2 heteroatoms. The standard InChI is InChI=1S/C11H14OS/c1-10(8-9-12-2)13-11-6-4-3-5-7-11/h3-10H,1-2H3/b9-8+. The topological polar surface area (TPSA) is 9.23 Å². The molecule has 0 radical (unpaired) electrons. The number of ether oxygens (including phenoxy) is 1. The van der Waals surface area contributed by atoms with Gasteiger partial charge in [0.15, 0.2) is 0 Å². The molecule has 0 aliphatic carbocycles. The van der Waals surface area contributed by atoms with E-state index in [0.29, 0.717) is 5.25 Å². The zero-order valence-corrected chi connectivity index (χ0v) is 8.75. The third kappa shape index (κ3) is 4.04. The predicted octanol–water partition coefficient (Wildman–Crippen LogP) is 3.33. The van der Waals surface area contributed by atoms with Gasteiger partial charge in [-0.15, -0.1) is 11.8 Å². The van der Waals surface area contributed by atoms with Crippen LogP contribution in [0.15, 0.2) is 47.6 Å². The number of thioether (sulfide) groups is 1. The molecule has 70 valence electrons. The van der Waals surface area contributed by atoms with Gasteiger partial charge in [-0.25, -0.2) is 0 Å². The molecule has 0 saturated heterocycles. The summed E-state index contributed by atoms with van der Waals surface area (Å²) in [6.45, 7) is 2.15. The summed E-state index contributed by atoms with van der Waals surface area (Å²) in [5, 5.41) is 0.447. The average molecular weight is 194 g/mol. The van der Waals surface area contributed by atoms with Gasteiger partial charge >= 0.3 is 0 Å². The van der Waals surface area contributed by atoms with Crippen LogP contribution >= 0.6 is 11.8 Å². The van der Waals surface area contributed by atoms with Gasteiger partial charge in [-0.1, -0.05) is 18.2 Å². The van der Waals surface area contributed by atoms with Gasteiger partial charge in [-0.05, 0) is 25.1 Å². The maximum Gasteiger partial charge on any atom is 0.0795 e. The van der Waals surface area contributed by atoms with Crippen LogP contribution in [-0.2, 0) is 4.74 Å². The molecule has 0 spiro atoms. The summed E-state index contributed by atoms with van der Waals surface area (Å²) in [4.78, 5) is 1.29. The number of hydrogen-bond acceptors (Lipinski definition) is 2. The van der Waals surface area contributed by atoms with Crippen LogP contribution in [0.5, 0.6) is 0 Å². The van der Waals surface area contributed by atoms with Crippen molar-refractivity contribution in [3.05, 3.63) is 42.7 Å². The van der Waals surface area contributed by atoms with Crippen LogP contribution in [0.1, 0.15) is 6.92 Å². The van der Waals surface area contributed by atoms with E-state index in [4.69, 9.17) is 4.74 Å². The van der Waals surface area contributed by atoms with Crippen LogP contribution in [0.3, 0.4) is 0 Å². The Labute approximate surface area is 83.8 Å². The predicted molar refractivity (Wildman–Crippen MR) is 57.9 cm³/mol. The molecule has 0 aliphatic heterocycles. The second-order valence-corrected chi connectivity index (χ2v) is 4.15. The van der Waals surface area contributed by atoms with Gasteiger partial charge in [0, 0.05) is 10.1 Å². The Morgan fingerprint density at radius 2 is 2.00 bits per heavy atom. The second-order valence-electron chi connectivity index (χ2n) is 2.70. The first-order valence-electron chi connectivity index (χ1n) is 4.24. The quantitative estimate of drug-likeness (QED) is 0.537. The van der Waals surface area contributed by atoms with E-state index >= 15 is 0 Å². The minimum atomic E-state index is 0.447. The summed E-state index contributed by atoms with van der Waals surface area (Å²) in [6.07, 6.45) is 3.76. The molecular weight excluding hydrogens is 180 g/mol. The van der Waals surface area contributed by atoms with Crippen molar-refractivity contribution in [1.82, 2.24) is 0 Å². The van der Waals surface area contributed by atoms with Crippen LogP contribution < -0.4 is 0 Å². The summed E-state index contributed by atoms with van der Waals surface area (Å²) in [7, 11) is 1.66. The molecule has 1 rings (SSSR count). The Hall–Kier alpha value is -0.890. The molecule has 1 atom stereocenters. The largest absolute Gasteiger partial charge is 0.505 e. The molecule has 0 aromatic heterocycles. The average Bonchev–Trinajstić information content (AvgIpc) is 2.16. The first kappa shape index (κ1) is 10.2. The maximum absolute atomic E-state index is 4.86. The van der Waals surface area contributed by atoms with E-state index in [0.717, 1.165) is 0 Å². The zero-order valence-electron chi connectivity index (χ0n) is 7.94. The second kappa shape index (κ2) is 5.70. The monoisotopic (exact) mass is 194 g/mol. The van der Waals surface area contributed by atoms with E-state index in [-0.39, 0.29) is 0 Å². The van der Waals surface area contributed by atoms with Crippen LogP contribution in [0, 0.1) is 0 Å². The Balaban J connectivity index is 2.45. The van der Waals surface area contributed by atoms with Crippen molar-refractivity contribution in [3.63, 3.8) is 0 Å². The van der Waals surface area contributed by atoms with E-state index in [2.05, 4.69) is 31.2 Å². The summed E-state index contributed by atoms with van der Waals surface area (Å²) < 4.78 is 4.86. The van der Waals surface area contributed by atoms with Crippen molar-refractivity contribution in [2.45, 2.75) is 17.1 Å². The summed E-state index contributed by atoms with van der Waals surface area (Å²) in [6, 6.07) is 10.4. The number of rotatable bonds is 4. The molecule has 0 aliphatic rings. The maximum atomic E-state index is 4.86. The van der Waals surface area contributed by atoms with Gasteiger partial charge in [0.25, 0.3) is 0 Å². The fourth-order valence-corrected chi connectivity index (χ4v) is 1.83. The molecule has 0 fully saturated rings. The van der Waals surface area contributed by atoms with Crippen molar-refractivity contribution in [1.29, 1.82) is 0 Å². The minimum absolute atomic E-state index is 0.447. The first-order chi connectivity index (χ1) is 6.33. The third-order valence-electron chi connectivity index (χ3n) is 1.55. The van der Waals surface area contributed by atoms with Crippen LogP contribution in [0.25, 0.3) is 0 Å². The molecular formula is C11H14OS. The van der Waals surface area contributed by atoms with E-state index in [1.165, 1.54) is 4.90 Å². The Kier molecular flexibility index (Phi) is 4.47. The smallest absolute Gasteiger partial charge is 0.0795 e. The normalized spacial score (nSPS) is 13.1. The molecule has 0 bridgehead atoms. The fourth-order valence-electron chi connectivity index (χ4n) is 0.942. The highest BCUT2D eigenvalue weighted by molar-refractivity contribution is 8.00. The summed E-state index contributed by atoms with van der Waals surface area (Å²) >= 11 is 1.82. The SMILES string of the molecule is CO/C=C/C(C)Sc1ccccc1. The van der Waals surface area contributed by atoms with Gasteiger partial charge in [-0.2, -0.15) is 0 Å². The molecule has 1 unspecified atom stereocenters. The van der Waals surface area contributed by atoms with E-state index < -0.39 is 0 Å². The van der Waals surface area contributed by atoms with Gasteiger partial charge in [-0.3, -0.25) is 0 Å². The van der Waals surface area contributed by atoms with E-state index in [1.54, 1.807) is 13.4 Å². The van der Waals surface area contributed by atoms with Crippen molar-refractivity contribution in [2.24, 2.45) is 0 Å². The minimum Gasteiger partial charge on any atom is -0.505 e. The van der Waals surface area contributed by atoms with Gasteiger partial charge in [0.1, 0.15) is 0 Å². The van der Waals surface area contributed by atoms with Gasteiger partial charge < -0.3 is 4.74 Å². The van der Waals surface area contributed by atoms with Crippen molar-refractivity contribution in [3.8, 4) is 0 Å². The number of methoxy groups -OCH3 is 1. The highest BCUT2D eigenvalue weighted by atomic mass is 32.2. The van der Waals surface area contributed by atoms with Crippen LogP contribution in [0.2, 0.25) is 0 Å². The number of benzene rings is 1. The first-order valence-corrected chi connectivity index (χ1v) is 5.12. The summed E-state index contributed by atoms with van der Waals surface area (Å²) in [5.74, 6) is 0. The lowest BCUT2D eigenvalue weighted by molar-refractivity contribution is 0.337. The van der Waals surface area contributed by atoms with Crippen LogP contribution in [-0.4, -0.2) is 12.4 Å². The number of hydrogen-bond donors (Lipinski definition) is 0. The molecule has 0 N–H and O–H groups in total. The van der Waals surface area contributed by atoms with Gasteiger partial charge in [0.05, 0.1) is 13.4 Å². The Morgan fingerprint density at radius 3 is 2.62 bits per heavy atom. The third-order valence-corrected chi connectivity index (χ3v) is 2.62. The van der Waals surface area contributed by atoms with Crippen molar-refractivity contribution >= 4 is 11.8 Å². The van der Waals surface area contributed by atoms with Crippen molar-refractivity contribution in [2.75, 3.05) is 7.11 Å². The van der Waals surface area contributed by atoms with Crippen LogP contribution in [0.4, 0.5) is 0 Å². The molecule has 0 saturated carbocycles. The van der Waals surface area contributed by atoms with Gasteiger partial charge in [0.2, 0.25) is 0 Å². The van der Waals surface area contributed by atoms with E-state index in [9.17, 15) is 0 Å². The fraction of sp³-hybridized carbons (Fsp3) is 0.273. The Morgan fingerprint density at radius 1 is 1.31 bits per heavy atom.